The first-order valence-electron chi connectivity index (χ1n) is 9.84. The highest BCUT2D eigenvalue weighted by atomic mass is 35.5. The first-order valence-corrected chi connectivity index (χ1v) is 10.2. The van der Waals surface area contributed by atoms with Gasteiger partial charge in [0.25, 0.3) is 0 Å². The number of ether oxygens (including phenoxy) is 3. The molecule has 1 heterocycles. The van der Waals surface area contributed by atoms with E-state index in [9.17, 15) is 22.8 Å². The van der Waals surface area contributed by atoms with Crippen LogP contribution in [0.3, 0.4) is 0 Å². The minimum absolute atomic E-state index is 0.157. The standard InChI is InChI=1S/C22H21ClF3NO5/c23-17-3-1-2-15(12-17)14-31-18-6-4-16(5-7-18)19-13-27(10-11-30-19)9-8-20(28)32-21(29)22(24,25)26/h1-7,12,19H,8-11,13-14H2. The second-order valence-electron chi connectivity index (χ2n) is 7.16. The molecule has 0 spiro atoms. The van der Waals surface area contributed by atoms with Gasteiger partial charge in [-0.25, -0.2) is 4.79 Å². The molecule has 0 N–H and O–H groups in total. The van der Waals surface area contributed by atoms with Gasteiger partial charge in [0.2, 0.25) is 0 Å². The maximum absolute atomic E-state index is 12.2. The van der Waals surface area contributed by atoms with E-state index in [1.165, 1.54) is 0 Å². The first-order chi connectivity index (χ1) is 15.2. The Morgan fingerprint density at radius 2 is 1.91 bits per heavy atom. The number of esters is 2. The van der Waals surface area contributed by atoms with Crippen LogP contribution >= 0.6 is 11.6 Å². The Morgan fingerprint density at radius 1 is 1.16 bits per heavy atom. The van der Waals surface area contributed by atoms with E-state index in [0.29, 0.717) is 37.1 Å². The van der Waals surface area contributed by atoms with E-state index in [-0.39, 0.29) is 19.1 Å². The fraction of sp³-hybridized carbons (Fsp3) is 0.364. The van der Waals surface area contributed by atoms with Gasteiger partial charge >= 0.3 is 18.1 Å². The van der Waals surface area contributed by atoms with Crippen molar-refractivity contribution in [1.82, 2.24) is 4.90 Å². The van der Waals surface area contributed by atoms with Crippen LogP contribution in [0.4, 0.5) is 13.2 Å². The quantitative estimate of drug-likeness (QED) is 0.443. The molecule has 1 saturated heterocycles. The molecule has 0 aliphatic carbocycles. The zero-order chi connectivity index (χ0) is 23.1. The molecule has 2 aromatic rings. The normalized spacial score (nSPS) is 17.1. The van der Waals surface area contributed by atoms with Gasteiger partial charge in [0.05, 0.1) is 19.1 Å². The van der Waals surface area contributed by atoms with Gasteiger partial charge in [-0.1, -0.05) is 35.9 Å². The summed E-state index contributed by atoms with van der Waals surface area (Å²) in [5.74, 6) is -3.03. The number of morpholine rings is 1. The summed E-state index contributed by atoms with van der Waals surface area (Å²) in [5, 5.41) is 0.640. The molecule has 0 radical (unpaired) electrons. The summed E-state index contributed by atoms with van der Waals surface area (Å²) in [7, 11) is 0. The van der Waals surface area contributed by atoms with Gasteiger partial charge in [-0.05, 0) is 35.4 Å². The van der Waals surface area contributed by atoms with Gasteiger partial charge in [-0.15, -0.1) is 0 Å². The summed E-state index contributed by atoms with van der Waals surface area (Å²) in [6, 6.07) is 14.8. The minimum Gasteiger partial charge on any atom is -0.489 e. The average molecular weight is 472 g/mol. The lowest BCUT2D eigenvalue weighted by Gasteiger charge is -2.33. The lowest BCUT2D eigenvalue weighted by atomic mass is 10.1. The number of hydrogen-bond donors (Lipinski definition) is 0. The number of alkyl halides is 3. The van der Waals surface area contributed by atoms with E-state index in [2.05, 4.69) is 4.74 Å². The third-order valence-corrected chi connectivity index (χ3v) is 5.00. The molecular formula is C22H21ClF3NO5. The molecule has 1 aliphatic heterocycles. The maximum atomic E-state index is 12.2. The molecule has 1 aliphatic rings. The molecule has 1 unspecified atom stereocenters. The third kappa shape index (κ3) is 7.22. The van der Waals surface area contributed by atoms with Crippen LogP contribution in [0, 0.1) is 0 Å². The van der Waals surface area contributed by atoms with Crippen LogP contribution in [0.5, 0.6) is 5.75 Å². The van der Waals surface area contributed by atoms with Crippen molar-refractivity contribution in [3.05, 3.63) is 64.7 Å². The topological polar surface area (TPSA) is 65.1 Å². The largest absolute Gasteiger partial charge is 0.491 e. The summed E-state index contributed by atoms with van der Waals surface area (Å²) in [6.07, 6.45) is -5.78. The Balaban J connectivity index is 1.47. The Hall–Kier alpha value is -2.62. The van der Waals surface area contributed by atoms with Gasteiger partial charge in [0.15, 0.2) is 0 Å². The predicted molar refractivity (Wildman–Crippen MR) is 109 cm³/mol. The van der Waals surface area contributed by atoms with Crippen molar-refractivity contribution < 1.29 is 37.0 Å². The average Bonchev–Trinajstić information content (AvgIpc) is 2.76. The number of carbonyl (C=O) groups is 2. The Morgan fingerprint density at radius 3 is 2.59 bits per heavy atom. The van der Waals surface area contributed by atoms with Gasteiger partial charge in [0, 0.05) is 24.7 Å². The molecule has 1 atom stereocenters. The highest BCUT2D eigenvalue weighted by Gasteiger charge is 2.42. The van der Waals surface area contributed by atoms with E-state index in [0.717, 1.165) is 11.1 Å². The number of carbonyl (C=O) groups excluding carboxylic acids is 2. The van der Waals surface area contributed by atoms with Crippen LogP contribution in [0.1, 0.15) is 23.7 Å². The molecule has 10 heteroatoms. The first kappa shape index (κ1) is 24.0. The number of rotatable bonds is 7. The van der Waals surface area contributed by atoms with E-state index in [1.807, 2.05) is 47.4 Å². The third-order valence-electron chi connectivity index (χ3n) is 4.77. The van der Waals surface area contributed by atoms with Crippen LogP contribution in [-0.2, 0) is 25.7 Å². The van der Waals surface area contributed by atoms with Crippen molar-refractivity contribution in [1.29, 1.82) is 0 Å². The van der Waals surface area contributed by atoms with Crippen LogP contribution in [0.25, 0.3) is 0 Å². The lowest BCUT2D eigenvalue weighted by Crippen LogP contribution is -2.39. The Labute approximate surface area is 187 Å². The molecule has 2 aromatic carbocycles. The van der Waals surface area contributed by atoms with Crippen molar-refractivity contribution in [3.63, 3.8) is 0 Å². The monoisotopic (exact) mass is 471 g/mol. The zero-order valence-corrected chi connectivity index (χ0v) is 17.7. The molecule has 0 bridgehead atoms. The smallest absolute Gasteiger partial charge is 0.489 e. The van der Waals surface area contributed by atoms with Crippen LogP contribution in [0.2, 0.25) is 5.02 Å². The van der Waals surface area contributed by atoms with E-state index in [4.69, 9.17) is 21.1 Å². The predicted octanol–water partition coefficient (Wildman–Crippen LogP) is 4.31. The highest BCUT2D eigenvalue weighted by molar-refractivity contribution is 6.30. The summed E-state index contributed by atoms with van der Waals surface area (Å²) in [6.45, 7) is 1.89. The SMILES string of the molecule is O=C(CCN1CCOC(c2ccc(OCc3cccc(Cl)c3)cc2)C1)OC(=O)C(F)(F)F. The number of nitrogens with zero attached hydrogens (tertiary/aromatic N) is 1. The molecule has 0 amide bonds. The van der Waals surface area contributed by atoms with E-state index < -0.39 is 18.1 Å². The Bertz CT molecular complexity index is 936. The zero-order valence-electron chi connectivity index (χ0n) is 16.9. The minimum atomic E-state index is -5.19. The maximum Gasteiger partial charge on any atom is 0.491 e. The molecule has 6 nitrogen and oxygen atoms in total. The fourth-order valence-electron chi connectivity index (χ4n) is 3.14. The van der Waals surface area contributed by atoms with Gasteiger partial charge < -0.3 is 14.2 Å². The summed E-state index contributed by atoms with van der Waals surface area (Å²) >= 11 is 5.97. The fourth-order valence-corrected chi connectivity index (χ4v) is 3.35. The van der Waals surface area contributed by atoms with E-state index in [1.54, 1.807) is 6.07 Å². The van der Waals surface area contributed by atoms with Crippen molar-refractivity contribution in [2.75, 3.05) is 26.2 Å². The van der Waals surface area contributed by atoms with Crippen molar-refractivity contribution in [2.45, 2.75) is 25.3 Å². The molecule has 1 fully saturated rings. The molecule has 0 aromatic heterocycles. The van der Waals surface area contributed by atoms with Crippen LogP contribution in [0.15, 0.2) is 48.5 Å². The highest BCUT2D eigenvalue weighted by Crippen LogP contribution is 2.25. The Kier molecular flexibility index (Phi) is 8.11. The summed E-state index contributed by atoms with van der Waals surface area (Å²) < 4.78 is 51.8. The molecule has 32 heavy (non-hydrogen) atoms. The van der Waals surface area contributed by atoms with Crippen molar-refractivity contribution in [3.8, 4) is 5.75 Å². The second-order valence-corrected chi connectivity index (χ2v) is 7.59. The van der Waals surface area contributed by atoms with Gasteiger partial charge in [-0.2, -0.15) is 13.2 Å². The molecule has 0 saturated carbocycles. The lowest BCUT2D eigenvalue weighted by molar-refractivity contribution is -0.202. The van der Waals surface area contributed by atoms with Crippen molar-refractivity contribution >= 4 is 23.5 Å². The number of halogens is 4. The van der Waals surface area contributed by atoms with Crippen molar-refractivity contribution in [2.24, 2.45) is 0 Å². The number of hydrogen-bond acceptors (Lipinski definition) is 6. The van der Waals surface area contributed by atoms with Gasteiger partial charge in [0.1, 0.15) is 12.4 Å². The summed E-state index contributed by atoms with van der Waals surface area (Å²) in [4.78, 5) is 24.1. The molecule has 172 valence electrons. The van der Waals surface area contributed by atoms with Crippen LogP contribution < -0.4 is 4.74 Å². The number of benzene rings is 2. The van der Waals surface area contributed by atoms with Gasteiger partial charge in [-0.3, -0.25) is 9.69 Å². The second kappa shape index (κ2) is 10.8. The van der Waals surface area contributed by atoms with E-state index >= 15 is 0 Å². The molecule has 3 rings (SSSR count). The summed E-state index contributed by atoms with van der Waals surface area (Å²) in [5.41, 5.74) is 1.85. The van der Waals surface area contributed by atoms with Crippen LogP contribution in [-0.4, -0.2) is 49.3 Å². The molecular weight excluding hydrogens is 451 g/mol.